The fourth-order valence-electron chi connectivity index (χ4n) is 2.71. The van der Waals surface area contributed by atoms with Gasteiger partial charge in [-0.25, -0.2) is 14.0 Å². The molecule has 5 nitrogen and oxygen atoms in total. The first-order valence-electron chi connectivity index (χ1n) is 8.32. The lowest BCUT2D eigenvalue weighted by Gasteiger charge is -2.25. The number of benzene rings is 2. The van der Waals surface area contributed by atoms with E-state index in [1.54, 1.807) is 49.4 Å². The second-order valence-electron chi connectivity index (χ2n) is 6.38. The Bertz CT molecular complexity index is 839. The summed E-state index contributed by atoms with van der Waals surface area (Å²) in [5.74, 6) is -1.49. The van der Waals surface area contributed by atoms with Crippen LogP contribution >= 0.6 is 11.6 Å². The van der Waals surface area contributed by atoms with Crippen LogP contribution in [-0.4, -0.2) is 35.6 Å². The van der Waals surface area contributed by atoms with Gasteiger partial charge >= 0.3 is 11.9 Å². The van der Waals surface area contributed by atoms with E-state index in [4.69, 9.17) is 25.8 Å². The summed E-state index contributed by atoms with van der Waals surface area (Å²) in [5, 5.41) is 0. The molecule has 1 aliphatic heterocycles. The molecule has 4 atom stereocenters. The molecule has 0 spiro atoms. The van der Waals surface area contributed by atoms with E-state index in [-0.39, 0.29) is 5.56 Å². The number of hydrogen-bond donors (Lipinski definition) is 0. The average molecular weight is 393 g/mol. The zero-order valence-corrected chi connectivity index (χ0v) is 15.5. The van der Waals surface area contributed by atoms with Crippen LogP contribution in [0.4, 0.5) is 4.39 Å². The Labute approximate surface area is 161 Å². The SMILES string of the molecule is Cc1ccccc1C(=O)O[C@@H]1O[C@H](Cl)[C@](C)(F)[C@@H]1OC(=O)c1ccccc1. The van der Waals surface area contributed by atoms with E-state index in [1.807, 2.05) is 0 Å². The normalized spacial score (nSPS) is 27.2. The van der Waals surface area contributed by atoms with Crippen LogP contribution in [-0.2, 0) is 14.2 Å². The highest BCUT2D eigenvalue weighted by Gasteiger charge is 2.58. The maximum absolute atomic E-state index is 15.0. The Morgan fingerprint density at radius 2 is 1.67 bits per heavy atom. The standard InChI is InChI=1S/C20H18ClFO5/c1-12-8-6-7-11-14(12)17(24)26-18-15(20(2,22)19(21)27-18)25-16(23)13-9-4-3-5-10-13/h3-11,15,18-19H,1-2H3/t15-,18-,19+,20-/m1/s1. The van der Waals surface area contributed by atoms with Crippen LogP contribution in [0.5, 0.6) is 0 Å². The fourth-order valence-corrected chi connectivity index (χ4v) is 2.93. The zero-order chi connectivity index (χ0) is 19.6. The number of aryl methyl sites for hydroxylation is 1. The number of rotatable bonds is 4. The van der Waals surface area contributed by atoms with Gasteiger partial charge in [-0.2, -0.15) is 0 Å². The largest absolute Gasteiger partial charge is 0.448 e. The number of carbonyl (C=O) groups excluding carboxylic acids is 2. The average Bonchev–Trinajstić information content (AvgIpc) is 2.85. The van der Waals surface area contributed by atoms with Crippen molar-refractivity contribution in [2.75, 3.05) is 0 Å². The van der Waals surface area contributed by atoms with Gasteiger partial charge in [-0.3, -0.25) is 0 Å². The maximum atomic E-state index is 15.0. The van der Waals surface area contributed by atoms with Crippen molar-refractivity contribution in [2.45, 2.75) is 37.5 Å². The van der Waals surface area contributed by atoms with Gasteiger partial charge in [0.1, 0.15) is 0 Å². The predicted molar refractivity (Wildman–Crippen MR) is 96.3 cm³/mol. The summed E-state index contributed by atoms with van der Waals surface area (Å²) in [6, 6.07) is 14.8. The summed E-state index contributed by atoms with van der Waals surface area (Å²) in [4.78, 5) is 24.8. The number of ether oxygens (including phenoxy) is 3. The second-order valence-corrected chi connectivity index (χ2v) is 6.78. The Morgan fingerprint density at radius 1 is 1.04 bits per heavy atom. The molecule has 2 aromatic rings. The fraction of sp³-hybridized carbons (Fsp3) is 0.300. The van der Waals surface area contributed by atoms with Crippen LogP contribution in [0.2, 0.25) is 0 Å². The van der Waals surface area contributed by atoms with E-state index in [0.717, 1.165) is 6.92 Å². The first-order valence-corrected chi connectivity index (χ1v) is 8.75. The summed E-state index contributed by atoms with van der Waals surface area (Å²) < 4.78 is 30.8. The number of carbonyl (C=O) groups is 2. The molecule has 0 aromatic heterocycles. The van der Waals surface area contributed by atoms with Crippen LogP contribution < -0.4 is 0 Å². The Kier molecular flexibility index (Phi) is 5.48. The smallest absolute Gasteiger partial charge is 0.340 e. The lowest BCUT2D eigenvalue weighted by atomic mass is 10.0. The second kappa shape index (κ2) is 7.66. The zero-order valence-electron chi connectivity index (χ0n) is 14.7. The molecule has 0 unspecified atom stereocenters. The molecule has 0 amide bonds. The van der Waals surface area contributed by atoms with E-state index in [9.17, 15) is 9.59 Å². The maximum Gasteiger partial charge on any atom is 0.340 e. The van der Waals surface area contributed by atoms with Gasteiger partial charge in [0.15, 0.2) is 11.2 Å². The first kappa shape index (κ1) is 19.3. The van der Waals surface area contributed by atoms with E-state index in [2.05, 4.69) is 0 Å². The lowest BCUT2D eigenvalue weighted by Crippen LogP contribution is -2.44. The van der Waals surface area contributed by atoms with E-state index in [1.165, 1.54) is 12.1 Å². The van der Waals surface area contributed by atoms with Crippen molar-refractivity contribution >= 4 is 23.5 Å². The predicted octanol–water partition coefficient (Wildman–Crippen LogP) is 4.03. The van der Waals surface area contributed by atoms with Crippen LogP contribution in [0.1, 0.15) is 33.2 Å². The molecule has 1 saturated heterocycles. The van der Waals surface area contributed by atoms with E-state index < -0.39 is 35.6 Å². The number of esters is 2. The molecule has 1 heterocycles. The van der Waals surface area contributed by atoms with E-state index >= 15 is 4.39 Å². The Balaban J connectivity index is 1.80. The molecule has 0 saturated carbocycles. The molecule has 0 N–H and O–H groups in total. The van der Waals surface area contributed by atoms with Gasteiger partial charge in [-0.1, -0.05) is 48.0 Å². The molecule has 3 rings (SSSR count). The molecule has 0 radical (unpaired) electrons. The van der Waals surface area contributed by atoms with Crippen molar-refractivity contribution in [3.05, 3.63) is 71.3 Å². The third-order valence-electron chi connectivity index (χ3n) is 4.33. The van der Waals surface area contributed by atoms with Crippen LogP contribution in [0.3, 0.4) is 0 Å². The van der Waals surface area contributed by atoms with Gasteiger partial charge in [0.05, 0.1) is 11.1 Å². The highest BCUT2D eigenvalue weighted by atomic mass is 35.5. The monoisotopic (exact) mass is 392 g/mol. The van der Waals surface area contributed by atoms with Gasteiger partial charge in [0.2, 0.25) is 12.4 Å². The van der Waals surface area contributed by atoms with Crippen molar-refractivity contribution < 1.29 is 28.2 Å². The van der Waals surface area contributed by atoms with E-state index in [0.29, 0.717) is 11.1 Å². The Morgan fingerprint density at radius 3 is 2.33 bits per heavy atom. The molecule has 7 heteroatoms. The lowest BCUT2D eigenvalue weighted by molar-refractivity contribution is -0.129. The van der Waals surface area contributed by atoms with Gasteiger partial charge < -0.3 is 14.2 Å². The van der Waals surface area contributed by atoms with Crippen molar-refractivity contribution in [3.8, 4) is 0 Å². The van der Waals surface area contributed by atoms with Gasteiger partial charge in [0.25, 0.3) is 0 Å². The van der Waals surface area contributed by atoms with Crippen molar-refractivity contribution in [3.63, 3.8) is 0 Å². The minimum absolute atomic E-state index is 0.232. The number of hydrogen-bond acceptors (Lipinski definition) is 5. The summed E-state index contributed by atoms with van der Waals surface area (Å²) in [5.41, 5.74) is -2.48. The van der Waals surface area contributed by atoms with Crippen molar-refractivity contribution in [1.82, 2.24) is 0 Å². The molecule has 0 aliphatic carbocycles. The van der Waals surface area contributed by atoms with Gasteiger partial charge in [-0.15, -0.1) is 0 Å². The minimum Gasteiger partial charge on any atom is -0.448 e. The van der Waals surface area contributed by atoms with Crippen LogP contribution in [0.15, 0.2) is 54.6 Å². The van der Waals surface area contributed by atoms with Crippen LogP contribution in [0, 0.1) is 6.92 Å². The van der Waals surface area contributed by atoms with Gasteiger partial charge in [0, 0.05) is 0 Å². The summed E-state index contributed by atoms with van der Waals surface area (Å²) >= 11 is 5.90. The molecule has 27 heavy (non-hydrogen) atoms. The molecular weight excluding hydrogens is 375 g/mol. The number of halogens is 2. The molecule has 0 bridgehead atoms. The minimum atomic E-state index is -2.25. The van der Waals surface area contributed by atoms with Crippen molar-refractivity contribution in [1.29, 1.82) is 0 Å². The number of alkyl halides is 2. The quantitative estimate of drug-likeness (QED) is 0.580. The summed E-state index contributed by atoms with van der Waals surface area (Å²) in [6.45, 7) is 2.87. The van der Waals surface area contributed by atoms with Crippen molar-refractivity contribution in [2.24, 2.45) is 0 Å². The van der Waals surface area contributed by atoms with Gasteiger partial charge in [-0.05, 0) is 37.6 Å². The molecule has 2 aromatic carbocycles. The van der Waals surface area contributed by atoms with Crippen LogP contribution in [0.25, 0.3) is 0 Å². The Hall–Kier alpha value is -2.44. The molecular formula is C20H18ClFO5. The molecule has 1 aliphatic rings. The topological polar surface area (TPSA) is 61.8 Å². The highest BCUT2D eigenvalue weighted by molar-refractivity contribution is 6.20. The summed E-state index contributed by atoms with van der Waals surface area (Å²) in [6.07, 6.45) is -2.98. The molecule has 1 fully saturated rings. The third-order valence-corrected chi connectivity index (χ3v) is 4.86. The first-order chi connectivity index (χ1) is 12.8. The summed E-state index contributed by atoms with van der Waals surface area (Å²) in [7, 11) is 0. The molecule has 142 valence electrons. The highest BCUT2D eigenvalue weighted by Crippen LogP contribution is 2.39. The third kappa shape index (κ3) is 3.96.